The van der Waals surface area contributed by atoms with Crippen LogP contribution in [0.3, 0.4) is 0 Å². The topological polar surface area (TPSA) is 156 Å². The fourth-order valence-corrected chi connectivity index (χ4v) is 4.75. The number of para-hydroxylation sites is 1. The van der Waals surface area contributed by atoms with Crippen LogP contribution in [0.5, 0.6) is 5.75 Å². The van der Waals surface area contributed by atoms with Crippen LogP contribution in [0.25, 0.3) is 0 Å². The van der Waals surface area contributed by atoms with E-state index in [1.54, 1.807) is 19.1 Å². The molecule has 2 aliphatic rings. The number of rotatable bonds is 10. The molecule has 0 aliphatic carbocycles. The van der Waals surface area contributed by atoms with Crippen LogP contribution in [-0.2, 0) is 28.5 Å². The first-order chi connectivity index (χ1) is 18.2. The van der Waals surface area contributed by atoms with Crippen LogP contribution in [0.1, 0.15) is 65.4 Å². The lowest BCUT2D eigenvalue weighted by molar-refractivity contribution is -0.206. The van der Waals surface area contributed by atoms with Gasteiger partial charge in [-0.3, -0.25) is 9.59 Å². The van der Waals surface area contributed by atoms with Crippen LogP contribution in [0.2, 0.25) is 0 Å². The van der Waals surface area contributed by atoms with Gasteiger partial charge >= 0.3 is 5.97 Å². The molecule has 11 nitrogen and oxygen atoms in total. The highest BCUT2D eigenvalue weighted by atomic mass is 16.7. The number of amides is 1. The number of aromatic hydroxyl groups is 1. The molecule has 0 radical (unpaired) electrons. The molecule has 7 atom stereocenters. The molecule has 1 aromatic rings. The minimum atomic E-state index is -1.49. The van der Waals surface area contributed by atoms with Gasteiger partial charge in [-0.2, -0.15) is 0 Å². The zero-order valence-electron chi connectivity index (χ0n) is 22.4. The third-order valence-corrected chi connectivity index (χ3v) is 6.71. The molecule has 0 unspecified atom stereocenters. The summed E-state index contributed by atoms with van der Waals surface area (Å²) in [7, 11) is 0. The van der Waals surface area contributed by atoms with Crippen molar-refractivity contribution in [3.63, 3.8) is 0 Å². The van der Waals surface area contributed by atoms with Crippen molar-refractivity contribution >= 4 is 24.0 Å². The third kappa shape index (κ3) is 7.43. The standard InChI is InChI=1S/C27H40N2O9/c1-5-6-7-9-18-24(38-21(31)12-15(2)3)16(4)36-27(34)22-20(37-26(18)33)13-35-25(29-22)17-10-8-11-19(23(17)32)28-14-30/h8,10-11,14-16,18,20,22,24,26-27,32-34H,5-7,9,12-13H2,1-4H3,(H,28,30)/t16-,18-,20+,22+,24+,26+,27+/m1/s1. The molecule has 1 aromatic carbocycles. The number of carbonyl (C=O) groups is 2. The quantitative estimate of drug-likeness (QED) is 0.153. The average Bonchev–Trinajstić information content (AvgIpc) is 2.89. The van der Waals surface area contributed by atoms with Gasteiger partial charge in [0, 0.05) is 12.3 Å². The van der Waals surface area contributed by atoms with E-state index < -0.39 is 48.8 Å². The van der Waals surface area contributed by atoms with Crippen molar-refractivity contribution in [1.29, 1.82) is 0 Å². The van der Waals surface area contributed by atoms with Crippen LogP contribution in [-0.4, -0.2) is 77.1 Å². The van der Waals surface area contributed by atoms with Crippen molar-refractivity contribution in [1.82, 2.24) is 0 Å². The van der Waals surface area contributed by atoms with E-state index >= 15 is 0 Å². The number of aliphatic imine (C=N–C) groups is 1. The number of nitrogens with zero attached hydrogens (tertiary/aromatic N) is 1. The maximum absolute atomic E-state index is 12.6. The van der Waals surface area contributed by atoms with E-state index in [0.29, 0.717) is 12.8 Å². The largest absolute Gasteiger partial charge is 0.505 e. The SMILES string of the molecule is CCCCC[C@@H]1[C@@H](OC(=O)CC(C)C)[C@@H](C)O[C@H](O)[C@H]2N=C(c3cccc(NC=O)c3O)OC[C@@H]2O[C@@H]1O. The number of anilines is 1. The number of aliphatic hydroxyl groups excluding tert-OH is 2. The van der Waals surface area contributed by atoms with Crippen molar-refractivity contribution in [2.24, 2.45) is 16.8 Å². The van der Waals surface area contributed by atoms with Crippen molar-refractivity contribution in [2.45, 2.75) is 96.7 Å². The summed E-state index contributed by atoms with van der Waals surface area (Å²) in [4.78, 5) is 27.9. The number of carbonyl (C=O) groups excluding carboxylic acids is 2. The highest BCUT2D eigenvalue weighted by Crippen LogP contribution is 2.34. The lowest BCUT2D eigenvalue weighted by Gasteiger charge is -2.34. The molecular weight excluding hydrogens is 496 g/mol. The number of phenols is 1. The van der Waals surface area contributed by atoms with Crippen molar-refractivity contribution in [3.05, 3.63) is 23.8 Å². The predicted molar refractivity (Wildman–Crippen MR) is 138 cm³/mol. The molecule has 2 aliphatic heterocycles. The van der Waals surface area contributed by atoms with E-state index in [9.17, 15) is 24.9 Å². The maximum atomic E-state index is 12.6. The highest BCUT2D eigenvalue weighted by molar-refractivity contribution is 5.99. The van der Waals surface area contributed by atoms with Gasteiger partial charge in [-0.15, -0.1) is 0 Å². The van der Waals surface area contributed by atoms with Gasteiger partial charge in [0.2, 0.25) is 12.3 Å². The summed E-state index contributed by atoms with van der Waals surface area (Å²) in [6.45, 7) is 7.47. The van der Waals surface area contributed by atoms with Crippen molar-refractivity contribution < 1.29 is 43.9 Å². The molecule has 1 fully saturated rings. The Kier molecular flexibility index (Phi) is 10.9. The summed E-state index contributed by atoms with van der Waals surface area (Å²) in [5, 5.41) is 35.2. The molecule has 0 aromatic heterocycles. The van der Waals surface area contributed by atoms with E-state index in [2.05, 4.69) is 17.2 Å². The molecule has 3 rings (SSSR count). The van der Waals surface area contributed by atoms with Crippen LogP contribution in [0, 0.1) is 11.8 Å². The minimum absolute atomic E-state index is 0.0188. The Morgan fingerprint density at radius 3 is 2.68 bits per heavy atom. The van der Waals surface area contributed by atoms with Gasteiger partial charge in [-0.05, 0) is 31.4 Å². The van der Waals surface area contributed by atoms with Crippen LogP contribution < -0.4 is 5.32 Å². The van der Waals surface area contributed by atoms with Gasteiger partial charge in [-0.1, -0.05) is 46.1 Å². The first-order valence-electron chi connectivity index (χ1n) is 13.3. The summed E-state index contributed by atoms with van der Waals surface area (Å²) in [6, 6.07) is 3.66. The van der Waals surface area contributed by atoms with E-state index in [1.807, 2.05) is 13.8 Å². The molecule has 0 bridgehead atoms. The van der Waals surface area contributed by atoms with Crippen LogP contribution in [0.15, 0.2) is 23.2 Å². The Balaban J connectivity index is 1.92. The molecule has 212 valence electrons. The first kappa shape index (κ1) is 29.8. The van der Waals surface area contributed by atoms with E-state index in [1.165, 1.54) is 6.07 Å². The van der Waals surface area contributed by atoms with Gasteiger partial charge in [0.05, 0.1) is 17.4 Å². The number of ether oxygens (including phenoxy) is 4. The smallest absolute Gasteiger partial charge is 0.306 e. The molecule has 4 N–H and O–H groups in total. The van der Waals surface area contributed by atoms with Crippen molar-refractivity contribution in [3.8, 4) is 5.75 Å². The Bertz CT molecular complexity index is 970. The summed E-state index contributed by atoms with van der Waals surface area (Å²) in [5.74, 6) is -1.16. The molecule has 11 heteroatoms. The molecule has 2 heterocycles. The fraction of sp³-hybridized carbons (Fsp3) is 0.667. The number of esters is 1. The van der Waals surface area contributed by atoms with Gasteiger partial charge in [0.15, 0.2) is 18.3 Å². The maximum Gasteiger partial charge on any atom is 0.306 e. The van der Waals surface area contributed by atoms with Gasteiger partial charge in [-0.25, -0.2) is 4.99 Å². The number of nitrogens with one attached hydrogen (secondary N) is 1. The zero-order valence-corrected chi connectivity index (χ0v) is 22.4. The molecule has 38 heavy (non-hydrogen) atoms. The Labute approximate surface area is 223 Å². The second-order valence-electron chi connectivity index (χ2n) is 10.2. The monoisotopic (exact) mass is 536 g/mol. The summed E-state index contributed by atoms with van der Waals surface area (Å²) in [6.07, 6.45) is -1.49. The average molecular weight is 537 g/mol. The highest BCUT2D eigenvalue weighted by Gasteiger charge is 2.45. The number of benzene rings is 1. The number of hydrogen-bond acceptors (Lipinski definition) is 10. The Morgan fingerprint density at radius 1 is 1.24 bits per heavy atom. The second kappa shape index (κ2) is 13.9. The molecule has 0 spiro atoms. The lowest BCUT2D eigenvalue weighted by atomic mass is 9.91. The number of phenolic OH excluding ortho intramolecular Hbond substituents is 1. The first-order valence-corrected chi connectivity index (χ1v) is 13.3. The van der Waals surface area contributed by atoms with E-state index in [4.69, 9.17) is 18.9 Å². The Hall–Kier alpha value is -2.73. The second-order valence-corrected chi connectivity index (χ2v) is 10.2. The molecule has 0 saturated carbocycles. The molecule has 1 saturated heterocycles. The summed E-state index contributed by atoms with van der Waals surface area (Å²) < 4.78 is 23.5. The summed E-state index contributed by atoms with van der Waals surface area (Å²) in [5.41, 5.74) is 0.368. The van der Waals surface area contributed by atoms with Crippen molar-refractivity contribution in [2.75, 3.05) is 11.9 Å². The molecular formula is C27H40N2O9. The number of unbranched alkanes of at least 4 members (excludes halogenated alkanes) is 2. The fourth-order valence-electron chi connectivity index (χ4n) is 4.75. The number of hydrogen-bond donors (Lipinski definition) is 4. The molecule has 1 amide bonds. The summed E-state index contributed by atoms with van der Waals surface area (Å²) >= 11 is 0. The van der Waals surface area contributed by atoms with Gasteiger partial charge in [0.25, 0.3) is 0 Å². The number of fused-ring (bicyclic) bond motifs is 1. The van der Waals surface area contributed by atoms with Crippen LogP contribution >= 0.6 is 0 Å². The van der Waals surface area contributed by atoms with Gasteiger partial charge < -0.3 is 39.6 Å². The lowest BCUT2D eigenvalue weighted by Crippen LogP contribution is -2.47. The predicted octanol–water partition coefficient (Wildman–Crippen LogP) is 2.70. The van der Waals surface area contributed by atoms with Gasteiger partial charge in [0.1, 0.15) is 24.9 Å². The zero-order chi connectivity index (χ0) is 27.8. The van der Waals surface area contributed by atoms with Crippen LogP contribution in [0.4, 0.5) is 5.69 Å². The van der Waals surface area contributed by atoms with E-state index in [0.717, 1.165) is 19.3 Å². The third-order valence-electron chi connectivity index (χ3n) is 6.71. The normalized spacial score (nSPS) is 29.7. The Morgan fingerprint density at radius 2 is 2.00 bits per heavy atom. The minimum Gasteiger partial charge on any atom is -0.505 e. The van der Waals surface area contributed by atoms with E-state index in [-0.39, 0.29) is 41.8 Å². The number of aliphatic hydroxyl groups is 2.